The molecule has 0 bridgehead atoms. The van der Waals surface area contributed by atoms with Crippen molar-refractivity contribution in [3.63, 3.8) is 0 Å². The lowest BCUT2D eigenvalue weighted by Crippen LogP contribution is -2.59. The lowest BCUT2D eigenvalue weighted by Gasteiger charge is -2.28. The van der Waals surface area contributed by atoms with Crippen LogP contribution in [0.2, 0.25) is 0 Å². The summed E-state index contributed by atoms with van der Waals surface area (Å²) >= 11 is 1.36. The first-order valence-electron chi connectivity index (χ1n) is 5.69. The number of rotatable bonds is 6. The molecule has 19 heavy (non-hydrogen) atoms. The molecule has 4 nitrogen and oxygen atoms in total. The van der Waals surface area contributed by atoms with Gasteiger partial charge in [-0.3, -0.25) is 5.32 Å². The first-order chi connectivity index (χ1) is 8.70. The van der Waals surface area contributed by atoms with Crippen molar-refractivity contribution in [1.29, 1.82) is 0 Å². The molecule has 0 saturated carbocycles. The summed E-state index contributed by atoms with van der Waals surface area (Å²) in [7, 11) is 0. The third kappa shape index (κ3) is 3.66. The zero-order valence-electron chi connectivity index (χ0n) is 10.5. The summed E-state index contributed by atoms with van der Waals surface area (Å²) in [5.41, 5.74) is -2.55. The fourth-order valence-corrected chi connectivity index (χ4v) is 2.22. The number of alkyl halides is 3. The van der Waals surface area contributed by atoms with Crippen LogP contribution < -0.4 is 5.32 Å². The zero-order valence-corrected chi connectivity index (χ0v) is 11.4. The van der Waals surface area contributed by atoms with Crippen LogP contribution in [-0.4, -0.2) is 27.8 Å². The summed E-state index contributed by atoms with van der Waals surface area (Å²) in [5, 5.41) is 13.2. The number of thiazole rings is 1. The van der Waals surface area contributed by atoms with Gasteiger partial charge in [0.1, 0.15) is 0 Å². The van der Waals surface area contributed by atoms with Gasteiger partial charge in [0.25, 0.3) is 0 Å². The third-order valence-electron chi connectivity index (χ3n) is 2.68. The van der Waals surface area contributed by atoms with Crippen molar-refractivity contribution < 1.29 is 23.1 Å². The minimum atomic E-state index is -4.87. The maximum atomic E-state index is 12.7. The van der Waals surface area contributed by atoms with Gasteiger partial charge in [-0.25, -0.2) is 9.78 Å². The van der Waals surface area contributed by atoms with Crippen molar-refractivity contribution in [2.45, 2.75) is 44.9 Å². The summed E-state index contributed by atoms with van der Waals surface area (Å²) in [6.45, 7) is 2.35. The van der Waals surface area contributed by atoms with Crippen LogP contribution in [0.25, 0.3) is 0 Å². The lowest BCUT2D eigenvalue weighted by molar-refractivity contribution is -0.206. The predicted octanol–water partition coefficient (Wildman–Crippen LogP) is 2.59. The van der Waals surface area contributed by atoms with Crippen LogP contribution in [0, 0.1) is 0 Å². The highest BCUT2D eigenvalue weighted by Crippen LogP contribution is 2.30. The Morgan fingerprint density at radius 3 is 2.63 bits per heavy atom. The molecule has 1 rings (SSSR count). The number of aryl methyl sites for hydroxylation is 1. The Balaban J connectivity index is 2.74. The van der Waals surface area contributed by atoms with Crippen LogP contribution >= 0.6 is 11.3 Å². The normalized spacial score (nSPS) is 15.2. The molecular weight excluding hydrogens is 281 g/mol. The molecule has 1 aromatic heterocycles. The second-order valence-electron chi connectivity index (χ2n) is 4.26. The maximum absolute atomic E-state index is 12.7. The predicted molar refractivity (Wildman–Crippen MR) is 65.0 cm³/mol. The van der Waals surface area contributed by atoms with Crippen molar-refractivity contribution in [2.24, 2.45) is 0 Å². The average molecular weight is 296 g/mol. The molecule has 0 fully saturated rings. The number of halogens is 3. The van der Waals surface area contributed by atoms with Gasteiger partial charge in [0.05, 0.1) is 10.7 Å². The molecule has 1 atom stereocenters. The van der Waals surface area contributed by atoms with E-state index in [9.17, 15) is 18.0 Å². The van der Waals surface area contributed by atoms with Gasteiger partial charge in [0.2, 0.25) is 5.54 Å². The fourth-order valence-electron chi connectivity index (χ4n) is 1.32. The van der Waals surface area contributed by atoms with E-state index in [0.717, 1.165) is 17.8 Å². The SMILES string of the molecule is CCCc1nc(CNC(C)(C(=O)O)C(F)(F)F)cs1. The van der Waals surface area contributed by atoms with Crippen molar-refractivity contribution in [3.8, 4) is 0 Å². The number of aliphatic carboxylic acids is 1. The Hall–Kier alpha value is -1.15. The number of hydrogen-bond acceptors (Lipinski definition) is 4. The zero-order chi connectivity index (χ0) is 14.7. The largest absolute Gasteiger partial charge is 0.480 e. The Labute approximate surface area is 112 Å². The quantitative estimate of drug-likeness (QED) is 0.847. The number of hydrogen-bond donors (Lipinski definition) is 2. The monoisotopic (exact) mass is 296 g/mol. The standard InChI is InChI=1S/C11H15F3N2O2S/c1-3-4-8-16-7(6-19-8)5-15-10(2,9(17)18)11(12,13)14/h6,15H,3-5H2,1-2H3,(H,17,18). The van der Waals surface area contributed by atoms with Crippen molar-refractivity contribution in [3.05, 3.63) is 16.1 Å². The van der Waals surface area contributed by atoms with Crippen LogP contribution in [0.1, 0.15) is 31.0 Å². The minimum absolute atomic E-state index is 0.234. The van der Waals surface area contributed by atoms with Gasteiger partial charge in [-0.15, -0.1) is 11.3 Å². The summed E-state index contributed by atoms with van der Waals surface area (Å²) < 4.78 is 38.2. The molecule has 108 valence electrons. The molecule has 0 aliphatic carbocycles. The number of nitrogens with one attached hydrogen (secondary N) is 1. The van der Waals surface area contributed by atoms with E-state index in [1.807, 2.05) is 12.2 Å². The van der Waals surface area contributed by atoms with Crippen LogP contribution in [0.4, 0.5) is 13.2 Å². The molecule has 2 N–H and O–H groups in total. The van der Waals surface area contributed by atoms with Gasteiger partial charge in [-0.2, -0.15) is 13.2 Å². The van der Waals surface area contributed by atoms with Crippen LogP contribution in [0.3, 0.4) is 0 Å². The Bertz CT molecular complexity index is 447. The number of nitrogens with zero attached hydrogens (tertiary/aromatic N) is 1. The number of aromatic nitrogens is 1. The smallest absolute Gasteiger partial charge is 0.417 e. The fraction of sp³-hybridized carbons (Fsp3) is 0.636. The van der Waals surface area contributed by atoms with Crippen LogP contribution in [0.15, 0.2) is 5.38 Å². The van der Waals surface area contributed by atoms with E-state index >= 15 is 0 Å². The molecule has 0 spiro atoms. The molecule has 0 aliphatic rings. The highest BCUT2D eigenvalue weighted by molar-refractivity contribution is 7.09. The molecule has 1 aromatic rings. The van der Waals surface area contributed by atoms with E-state index in [-0.39, 0.29) is 6.54 Å². The van der Waals surface area contributed by atoms with Gasteiger partial charge in [-0.05, 0) is 19.8 Å². The van der Waals surface area contributed by atoms with Gasteiger partial charge >= 0.3 is 12.1 Å². The summed E-state index contributed by atoms with van der Waals surface area (Å²) in [5.74, 6) is -1.95. The third-order valence-corrected chi connectivity index (χ3v) is 3.64. The molecule has 0 saturated heterocycles. The van der Waals surface area contributed by atoms with Gasteiger partial charge < -0.3 is 5.11 Å². The number of carbonyl (C=O) groups is 1. The first-order valence-corrected chi connectivity index (χ1v) is 6.57. The average Bonchev–Trinajstić information content (AvgIpc) is 2.72. The lowest BCUT2D eigenvalue weighted by atomic mass is 10.0. The Morgan fingerprint density at radius 1 is 1.53 bits per heavy atom. The maximum Gasteiger partial charge on any atom is 0.417 e. The van der Waals surface area contributed by atoms with Crippen LogP contribution in [-0.2, 0) is 17.8 Å². The van der Waals surface area contributed by atoms with E-state index in [2.05, 4.69) is 4.98 Å². The topological polar surface area (TPSA) is 62.2 Å². The molecule has 0 amide bonds. The molecular formula is C11H15F3N2O2S. The number of carboxylic acids is 1. The minimum Gasteiger partial charge on any atom is -0.480 e. The van der Waals surface area contributed by atoms with Crippen LogP contribution in [0.5, 0.6) is 0 Å². The van der Waals surface area contributed by atoms with Gasteiger partial charge in [0, 0.05) is 11.9 Å². The molecule has 0 aromatic carbocycles. The molecule has 1 heterocycles. The molecule has 8 heteroatoms. The summed E-state index contributed by atoms with van der Waals surface area (Å²) in [6, 6.07) is 0. The van der Waals surface area contributed by atoms with E-state index < -0.39 is 17.7 Å². The molecule has 1 unspecified atom stereocenters. The van der Waals surface area contributed by atoms with E-state index in [1.165, 1.54) is 11.3 Å². The highest BCUT2D eigenvalue weighted by Gasteiger charge is 2.57. The summed E-state index contributed by atoms with van der Waals surface area (Å²) in [4.78, 5) is 14.9. The van der Waals surface area contributed by atoms with Crippen molar-refractivity contribution in [1.82, 2.24) is 10.3 Å². The molecule has 0 radical (unpaired) electrons. The first kappa shape index (κ1) is 15.9. The van der Waals surface area contributed by atoms with Gasteiger partial charge in [-0.1, -0.05) is 6.92 Å². The number of carboxylic acid groups (broad SMARTS) is 1. The van der Waals surface area contributed by atoms with Crippen molar-refractivity contribution in [2.75, 3.05) is 0 Å². The Kier molecular flexibility index (Phi) is 4.92. The van der Waals surface area contributed by atoms with E-state index in [1.54, 1.807) is 5.38 Å². The summed E-state index contributed by atoms with van der Waals surface area (Å²) in [6.07, 6.45) is -3.21. The van der Waals surface area contributed by atoms with E-state index in [0.29, 0.717) is 12.6 Å². The van der Waals surface area contributed by atoms with E-state index in [4.69, 9.17) is 5.11 Å². The van der Waals surface area contributed by atoms with Crippen molar-refractivity contribution >= 4 is 17.3 Å². The second kappa shape index (κ2) is 5.87. The highest BCUT2D eigenvalue weighted by atomic mass is 32.1. The Morgan fingerprint density at radius 2 is 2.16 bits per heavy atom. The van der Waals surface area contributed by atoms with Gasteiger partial charge in [0.15, 0.2) is 0 Å². The molecule has 0 aliphatic heterocycles. The second-order valence-corrected chi connectivity index (χ2v) is 5.21.